The van der Waals surface area contributed by atoms with E-state index in [9.17, 15) is 0 Å². The van der Waals surface area contributed by atoms with Gasteiger partial charge in [-0.3, -0.25) is 9.97 Å². The molecule has 0 spiro atoms. The summed E-state index contributed by atoms with van der Waals surface area (Å²) in [7, 11) is 0. The van der Waals surface area contributed by atoms with Gasteiger partial charge in [0.1, 0.15) is 0 Å². The van der Waals surface area contributed by atoms with Crippen LogP contribution >= 0.6 is 0 Å². The van der Waals surface area contributed by atoms with Gasteiger partial charge in [-0.15, -0.1) is 0 Å². The van der Waals surface area contributed by atoms with E-state index in [-0.39, 0.29) is 32.8 Å². The summed E-state index contributed by atoms with van der Waals surface area (Å²) in [6, 6.07) is 33.8. The number of rotatable bonds is 2. The third-order valence-electron chi connectivity index (χ3n) is 4.57. The van der Waals surface area contributed by atoms with Crippen LogP contribution in [-0.2, 0) is 17.1 Å². The third kappa shape index (κ3) is 5.58. The monoisotopic (exact) mass is 500 g/mol. The molecule has 0 N–H and O–H groups in total. The first-order valence-electron chi connectivity index (χ1n) is 9.65. The first kappa shape index (κ1) is 22.2. The van der Waals surface area contributed by atoms with Crippen molar-refractivity contribution in [2.45, 2.75) is 13.8 Å². The number of aryl methyl sites for hydroxylation is 2. The van der Waals surface area contributed by atoms with E-state index in [1.807, 2.05) is 26.0 Å². The first-order valence-corrected chi connectivity index (χ1v) is 11.5. The van der Waals surface area contributed by atoms with Crippen molar-refractivity contribution in [1.82, 2.24) is 9.97 Å². The average Bonchev–Trinajstić information content (AvgIpc) is 2.76. The fraction of sp³-hybridized carbons (Fsp3) is 0.0769. The number of aromatic nitrogens is 2. The van der Waals surface area contributed by atoms with Gasteiger partial charge < -0.3 is 0 Å². The minimum atomic E-state index is 0. The van der Waals surface area contributed by atoms with Crippen molar-refractivity contribution >= 4 is 46.3 Å². The Morgan fingerprint density at radius 3 is 1.27 bits per heavy atom. The van der Waals surface area contributed by atoms with E-state index in [1.54, 1.807) is 0 Å². The molecular formula is C26H22AsCuN2. The van der Waals surface area contributed by atoms with Crippen LogP contribution in [0.4, 0.5) is 0 Å². The van der Waals surface area contributed by atoms with Crippen LogP contribution in [0.2, 0.25) is 0 Å². The summed E-state index contributed by atoms with van der Waals surface area (Å²) >= 11 is 0.177. The van der Waals surface area contributed by atoms with Crippen molar-refractivity contribution in [3.8, 4) is 0 Å². The second-order valence-corrected chi connectivity index (χ2v) is 9.53. The quantitative estimate of drug-likeness (QED) is 0.258. The summed E-state index contributed by atoms with van der Waals surface area (Å²) in [4.78, 5) is 9.16. The molecule has 5 rings (SSSR count). The van der Waals surface area contributed by atoms with Crippen LogP contribution in [0.3, 0.4) is 0 Å². The van der Waals surface area contributed by atoms with Crippen LogP contribution in [0.1, 0.15) is 11.4 Å². The summed E-state index contributed by atoms with van der Waals surface area (Å²) in [5.41, 5.74) is 4.06. The standard InChI is InChI=1S/C14H12N2.C12H10As.Cu/c1-9-3-5-11-7-8-12-6-4-10(2)16-14(12)13(11)15-9;1-3-7-11(8-4-1)13-12-9-5-2-6-10-12;/h3-8H,1-2H3;1-10H;. The molecule has 152 valence electrons. The molecule has 2 nitrogen and oxygen atoms in total. The number of fused-ring (bicyclic) bond motifs is 3. The zero-order chi connectivity index (χ0) is 20.1. The Morgan fingerprint density at radius 2 is 0.867 bits per heavy atom. The van der Waals surface area contributed by atoms with Gasteiger partial charge in [0, 0.05) is 39.2 Å². The summed E-state index contributed by atoms with van der Waals surface area (Å²) in [6.45, 7) is 4.02. The van der Waals surface area contributed by atoms with E-state index in [1.165, 1.54) is 8.70 Å². The molecular weight excluding hydrogens is 479 g/mol. The molecule has 5 aromatic rings. The summed E-state index contributed by atoms with van der Waals surface area (Å²) in [6.07, 6.45) is 0. The molecule has 3 aromatic carbocycles. The molecule has 0 aliphatic carbocycles. The van der Waals surface area contributed by atoms with Crippen LogP contribution < -0.4 is 8.70 Å². The molecule has 0 unspecified atom stereocenters. The van der Waals surface area contributed by atoms with Crippen molar-refractivity contribution in [3.05, 3.63) is 108 Å². The predicted molar refractivity (Wildman–Crippen MR) is 124 cm³/mol. The molecule has 2 heterocycles. The van der Waals surface area contributed by atoms with Crippen molar-refractivity contribution in [2.24, 2.45) is 0 Å². The summed E-state index contributed by atoms with van der Waals surface area (Å²) < 4.78 is 2.93. The van der Waals surface area contributed by atoms with Crippen molar-refractivity contribution < 1.29 is 17.1 Å². The molecule has 2 aromatic heterocycles. The molecule has 4 heteroatoms. The first-order chi connectivity index (χ1) is 14.2. The topological polar surface area (TPSA) is 25.8 Å². The van der Waals surface area contributed by atoms with Crippen molar-refractivity contribution in [3.63, 3.8) is 0 Å². The Bertz CT molecular complexity index is 1140. The molecule has 0 fully saturated rings. The van der Waals surface area contributed by atoms with Gasteiger partial charge in [-0.25, -0.2) is 0 Å². The van der Waals surface area contributed by atoms with Crippen molar-refractivity contribution in [2.75, 3.05) is 0 Å². The fourth-order valence-corrected chi connectivity index (χ4v) is 5.09. The number of hydrogen-bond donors (Lipinski definition) is 0. The van der Waals surface area contributed by atoms with Crippen LogP contribution in [0.25, 0.3) is 21.8 Å². The van der Waals surface area contributed by atoms with E-state index < -0.39 is 0 Å². The van der Waals surface area contributed by atoms with Gasteiger partial charge in [-0.1, -0.05) is 24.3 Å². The molecule has 0 saturated carbocycles. The zero-order valence-corrected chi connectivity index (χ0v) is 19.7. The maximum absolute atomic E-state index is 4.58. The van der Waals surface area contributed by atoms with Gasteiger partial charge in [0.2, 0.25) is 0 Å². The van der Waals surface area contributed by atoms with Gasteiger partial charge in [0.25, 0.3) is 0 Å². The molecule has 30 heavy (non-hydrogen) atoms. The molecule has 0 bridgehead atoms. The Kier molecular flexibility index (Phi) is 7.82. The molecule has 0 saturated heterocycles. The molecule has 2 radical (unpaired) electrons. The molecule has 0 amide bonds. The van der Waals surface area contributed by atoms with E-state index in [4.69, 9.17) is 0 Å². The van der Waals surface area contributed by atoms with E-state index >= 15 is 0 Å². The fourth-order valence-electron chi connectivity index (χ4n) is 3.12. The maximum atomic E-state index is 4.58. The van der Waals surface area contributed by atoms with E-state index in [0.29, 0.717) is 0 Å². The number of hydrogen-bond acceptors (Lipinski definition) is 2. The Hall–Kier alpha value is -2.44. The van der Waals surface area contributed by atoms with Crippen molar-refractivity contribution in [1.29, 1.82) is 0 Å². The normalized spacial score (nSPS) is 10.2. The minimum absolute atomic E-state index is 0. The summed E-state index contributed by atoms with van der Waals surface area (Å²) in [5, 5.41) is 2.30. The molecule has 0 aliphatic heterocycles. The van der Waals surface area contributed by atoms with Gasteiger partial charge in [-0.05, 0) is 26.0 Å². The predicted octanol–water partition coefficient (Wildman–Crippen LogP) is 4.74. The SMILES string of the molecule is Cc1ccc2ccc3ccc(C)nc3c2n1.[Cu].c1ccc([As]c2ccccc2)cc1. The zero-order valence-electron chi connectivity index (χ0n) is 16.9. The second kappa shape index (κ2) is 10.5. The Morgan fingerprint density at radius 1 is 0.500 bits per heavy atom. The van der Waals surface area contributed by atoms with E-state index in [0.717, 1.165) is 33.2 Å². The van der Waals surface area contributed by atoms with Gasteiger partial charge in [-0.2, -0.15) is 0 Å². The molecule has 0 atom stereocenters. The Balaban J connectivity index is 0.000000169. The van der Waals surface area contributed by atoms with Crippen LogP contribution in [0, 0.1) is 13.8 Å². The summed E-state index contributed by atoms with van der Waals surface area (Å²) in [5.74, 6) is 0. The van der Waals surface area contributed by atoms with Crippen LogP contribution in [-0.4, -0.2) is 25.7 Å². The van der Waals surface area contributed by atoms with Gasteiger partial charge in [0.05, 0.1) is 11.0 Å². The van der Waals surface area contributed by atoms with Gasteiger partial charge in [0.15, 0.2) is 0 Å². The average molecular weight is 501 g/mol. The van der Waals surface area contributed by atoms with Crippen LogP contribution in [0.15, 0.2) is 97.1 Å². The molecule has 0 aliphatic rings. The second-order valence-electron chi connectivity index (χ2n) is 6.90. The van der Waals surface area contributed by atoms with Crippen LogP contribution in [0.5, 0.6) is 0 Å². The van der Waals surface area contributed by atoms with E-state index in [2.05, 4.69) is 94.9 Å². The number of pyridine rings is 2. The van der Waals surface area contributed by atoms with Gasteiger partial charge >= 0.3 is 85.1 Å². The number of nitrogens with zero attached hydrogens (tertiary/aromatic N) is 2. The Labute approximate surface area is 194 Å². The number of benzene rings is 3. The third-order valence-corrected chi connectivity index (χ3v) is 6.90.